The number of oxime groups is 1. The molecule has 0 aromatic carbocycles. The number of nitrogens with zero attached hydrogens (tertiary/aromatic N) is 1. The first kappa shape index (κ1) is 7.78. The average molecular weight is 155 g/mol. The Morgan fingerprint density at radius 3 is 3.18 bits per heavy atom. The van der Waals surface area contributed by atoms with Gasteiger partial charge in [-0.05, 0) is 6.08 Å². The third-order valence-electron chi connectivity index (χ3n) is 1.39. The van der Waals surface area contributed by atoms with E-state index in [9.17, 15) is 4.79 Å². The fourth-order valence-electron chi connectivity index (χ4n) is 0.774. The van der Waals surface area contributed by atoms with Crippen LogP contribution in [0.15, 0.2) is 17.8 Å². The van der Waals surface area contributed by atoms with E-state index in [-0.39, 0.29) is 0 Å². The number of esters is 1. The molecule has 1 aliphatic rings. The molecule has 0 radical (unpaired) electrons. The van der Waals surface area contributed by atoms with Crippen LogP contribution in [0.2, 0.25) is 0 Å². The molecule has 0 aromatic heterocycles. The van der Waals surface area contributed by atoms with Gasteiger partial charge in [0.1, 0.15) is 0 Å². The normalized spacial score (nSPS) is 21.9. The molecular formula is C7H9NO3. The summed E-state index contributed by atoms with van der Waals surface area (Å²) in [7, 11) is 1.32. The molecule has 1 heterocycles. The molecule has 0 spiro atoms. The zero-order valence-corrected chi connectivity index (χ0v) is 6.24. The van der Waals surface area contributed by atoms with Gasteiger partial charge in [-0.1, -0.05) is 11.7 Å². The van der Waals surface area contributed by atoms with Crippen LogP contribution in [0.25, 0.3) is 0 Å². The lowest BCUT2D eigenvalue weighted by Gasteiger charge is -2.03. The van der Waals surface area contributed by atoms with Crippen molar-refractivity contribution in [1.82, 2.24) is 0 Å². The zero-order valence-electron chi connectivity index (χ0n) is 6.24. The van der Waals surface area contributed by atoms with E-state index in [1.165, 1.54) is 7.11 Å². The van der Waals surface area contributed by atoms with Gasteiger partial charge in [-0.3, -0.25) is 0 Å². The van der Waals surface area contributed by atoms with Crippen LogP contribution in [0.1, 0.15) is 6.42 Å². The van der Waals surface area contributed by atoms with Gasteiger partial charge in [0.25, 0.3) is 0 Å². The summed E-state index contributed by atoms with van der Waals surface area (Å²) in [5.41, 5.74) is 0.681. The molecule has 1 rings (SSSR count). The lowest BCUT2D eigenvalue weighted by atomic mass is 10.2. The number of allylic oxidation sites excluding steroid dienone is 1. The number of ether oxygens (including phenoxy) is 1. The molecule has 4 heteroatoms. The third-order valence-corrected chi connectivity index (χ3v) is 1.39. The Morgan fingerprint density at radius 1 is 2.00 bits per heavy atom. The van der Waals surface area contributed by atoms with Crippen molar-refractivity contribution < 1.29 is 14.4 Å². The van der Waals surface area contributed by atoms with Crippen molar-refractivity contribution in [3.63, 3.8) is 0 Å². The van der Waals surface area contributed by atoms with Gasteiger partial charge in [-0.15, -0.1) is 0 Å². The van der Waals surface area contributed by atoms with E-state index in [0.29, 0.717) is 12.1 Å². The summed E-state index contributed by atoms with van der Waals surface area (Å²) >= 11 is 0. The van der Waals surface area contributed by atoms with E-state index in [4.69, 9.17) is 4.84 Å². The summed E-state index contributed by atoms with van der Waals surface area (Å²) in [6, 6.07) is 0. The molecule has 11 heavy (non-hydrogen) atoms. The minimum atomic E-state index is -0.576. The van der Waals surface area contributed by atoms with Crippen LogP contribution in [0.5, 0.6) is 0 Å². The monoisotopic (exact) mass is 155 g/mol. The highest BCUT2D eigenvalue weighted by Gasteiger charge is 2.27. The van der Waals surface area contributed by atoms with Gasteiger partial charge >= 0.3 is 5.97 Å². The predicted octanol–water partition coefficient (Wildman–Crippen LogP) is 0.490. The Labute approximate surface area is 64.5 Å². The number of carbonyl (C=O) groups is 1. The first-order chi connectivity index (χ1) is 5.27. The quantitative estimate of drug-likeness (QED) is 0.545. The van der Waals surface area contributed by atoms with Crippen molar-refractivity contribution in [3.05, 3.63) is 12.7 Å². The van der Waals surface area contributed by atoms with Crippen molar-refractivity contribution >= 4 is 11.7 Å². The molecule has 0 amide bonds. The van der Waals surface area contributed by atoms with Crippen LogP contribution in [-0.2, 0) is 14.4 Å². The van der Waals surface area contributed by atoms with Crippen LogP contribution >= 0.6 is 0 Å². The van der Waals surface area contributed by atoms with Gasteiger partial charge < -0.3 is 9.57 Å². The highest BCUT2D eigenvalue weighted by atomic mass is 16.7. The predicted molar refractivity (Wildman–Crippen MR) is 39.1 cm³/mol. The first-order valence-electron chi connectivity index (χ1n) is 3.21. The van der Waals surface area contributed by atoms with Gasteiger partial charge in [0.15, 0.2) is 0 Å². The zero-order chi connectivity index (χ0) is 8.27. The van der Waals surface area contributed by atoms with Crippen LogP contribution < -0.4 is 0 Å². The number of hydrogen-bond acceptors (Lipinski definition) is 4. The maximum Gasteiger partial charge on any atom is 0.350 e. The van der Waals surface area contributed by atoms with Crippen molar-refractivity contribution in [2.45, 2.75) is 12.5 Å². The minimum Gasteiger partial charge on any atom is -0.466 e. The van der Waals surface area contributed by atoms with Gasteiger partial charge in [-0.2, -0.15) is 0 Å². The standard InChI is InChI=1S/C7H9NO3/c1-3-5-4-6(11-8-5)7(9)10-2/h3,6H,1,4H2,2H3. The molecule has 0 saturated carbocycles. The minimum absolute atomic E-state index is 0.398. The number of methoxy groups -OCH3 is 1. The Hall–Kier alpha value is -1.32. The van der Waals surface area contributed by atoms with Crippen molar-refractivity contribution in [1.29, 1.82) is 0 Å². The Bertz CT molecular complexity index is 210. The molecule has 0 fully saturated rings. The Kier molecular flexibility index (Phi) is 2.25. The van der Waals surface area contributed by atoms with E-state index in [0.717, 1.165) is 0 Å². The van der Waals surface area contributed by atoms with Crippen LogP contribution in [-0.4, -0.2) is 24.9 Å². The fourth-order valence-corrected chi connectivity index (χ4v) is 0.774. The molecule has 0 aliphatic carbocycles. The lowest BCUT2D eigenvalue weighted by Crippen LogP contribution is -2.21. The third kappa shape index (κ3) is 1.58. The number of hydrogen-bond donors (Lipinski definition) is 0. The highest BCUT2D eigenvalue weighted by Crippen LogP contribution is 2.11. The molecule has 1 atom stereocenters. The number of rotatable bonds is 2. The van der Waals surface area contributed by atoms with Crippen molar-refractivity contribution in [2.75, 3.05) is 7.11 Å². The summed E-state index contributed by atoms with van der Waals surface area (Å²) in [4.78, 5) is 15.6. The van der Waals surface area contributed by atoms with E-state index < -0.39 is 12.1 Å². The summed E-state index contributed by atoms with van der Waals surface area (Å²) in [5.74, 6) is -0.398. The molecule has 4 nitrogen and oxygen atoms in total. The molecule has 0 saturated heterocycles. The second-order valence-electron chi connectivity index (χ2n) is 2.11. The molecule has 1 aliphatic heterocycles. The van der Waals surface area contributed by atoms with Crippen LogP contribution in [0, 0.1) is 0 Å². The largest absolute Gasteiger partial charge is 0.466 e. The second kappa shape index (κ2) is 3.18. The topological polar surface area (TPSA) is 47.9 Å². The fraction of sp³-hybridized carbons (Fsp3) is 0.429. The maximum absolute atomic E-state index is 10.8. The van der Waals surface area contributed by atoms with Crippen molar-refractivity contribution in [3.8, 4) is 0 Å². The smallest absolute Gasteiger partial charge is 0.350 e. The second-order valence-corrected chi connectivity index (χ2v) is 2.11. The number of carbonyl (C=O) groups excluding carboxylic acids is 1. The van der Waals surface area contributed by atoms with Crippen LogP contribution in [0.3, 0.4) is 0 Å². The Balaban J connectivity index is 2.47. The molecule has 60 valence electrons. The maximum atomic E-state index is 10.8. The van der Waals surface area contributed by atoms with E-state index in [1.807, 2.05) is 0 Å². The van der Waals surface area contributed by atoms with Gasteiger partial charge in [0.05, 0.1) is 12.8 Å². The summed E-state index contributed by atoms with van der Waals surface area (Å²) in [5, 5.41) is 3.60. The highest BCUT2D eigenvalue weighted by molar-refractivity contribution is 5.98. The van der Waals surface area contributed by atoms with Gasteiger partial charge in [0.2, 0.25) is 6.10 Å². The Morgan fingerprint density at radius 2 is 2.73 bits per heavy atom. The summed E-state index contributed by atoms with van der Waals surface area (Å²) in [6.45, 7) is 3.50. The SMILES string of the molecule is C=CC1=NOC(C(=O)OC)C1. The van der Waals surface area contributed by atoms with E-state index in [1.54, 1.807) is 6.08 Å². The van der Waals surface area contributed by atoms with Gasteiger partial charge in [0, 0.05) is 6.42 Å². The molecule has 0 bridgehead atoms. The lowest BCUT2D eigenvalue weighted by molar-refractivity contribution is -0.152. The van der Waals surface area contributed by atoms with Gasteiger partial charge in [-0.25, -0.2) is 4.79 Å². The summed E-state index contributed by atoms with van der Waals surface area (Å²) in [6.07, 6.45) is 1.44. The molecule has 0 aromatic rings. The molecule has 0 N–H and O–H groups in total. The molecular weight excluding hydrogens is 146 g/mol. The molecule has 1 unspecified atom stereocenters. The summed E-state index contributed by atoms with van der Waals surface area (Å²) < 4.78 is 4.46. The van der Waals surface area contributed by atoms with E-state index >= 15 is 0 Å². The average Bonchev–Trinajstić information content (AvgIpc) is 2.50. The van der Waals surface area contributed by atoms with E-state index in [2.05, 4.69) is 16.5 Å². The van der Waals surface area contributed by atoms with Crippen molar-refractivity contribution in [2.24, 2.45) is 5.16 Å². The van der Waals surface area contributed by atoms with Crippen LogP contribution in [0.4, 0.5) is 0 Å². The first-order valence-corrected chi connectivity index (χ1v) is 3.21.